The van der Waals surface area contributed by atoms with Gasteiger partial charge >= 0.3 is 0 Å². The minimum atomic E-state index is 0.476. The average molecular weight is 484 g/mol. The van der Waals surface area contributed by atoms with Crippen LogP contribution in [0.2, 0.25) is 10.0 Å². The van der Waals surface area contributed by atoms with Crippen molar-refractivity contribution < 1.29 is 0 Å². The van der Waals surface area contributed by atoms with Crippen molar-refractivity contribution in [2.24, 2.45) is 0 Å². The lowest BCUT2D eigenvalue weighted by molar-refractivity contribution is 0.689. The molecule has 0 atom stereocenters. The van der Waals surface area contributed by atoms with Crippen LogP contribution in [0.1, 0.15) is 16.7 Å². The fourth-order valence-corrected chi connectivity index (χ4v) is 3.46. The van der Waals surface area contributed by atoms with E-state index >= 15 is 0 Å². The molecular weight excluding hydrogens is 467 g/mol. The monoisotopic (exact) mass is 482 g/mol. The van der Waals surface area contributed by atoms with Crippen molar-refractivity contribution in [3.8, 4) is 0 Å². The zero-order chi connectivity index (χ0) is 19.6. The second-order valence-corrected chi connectivity index (χ2v) is 8.25. The normalized spacial score (nSPS) is 10.7. The lowest BCUT2D eigenvalue weighted by Gasteiger charge is -2.12. The average Bonchev–Trinajstić information content (AvgIpc) is 2.93. The second-order valence-electron chi connectivity index (χ2n) is 6.17. The molecule has 0 fully saturated rings. The molecule has 2 aromatic carbocycles. The topological polar surface area (TPSA) is 41.9 Å². The standard InChI is InChI=1S/C19H17BrCl2N4S/c1-11-3-4-12(2)17(7-11)23-19(27)24-18-14(20)10-26(25-18)9-13-5-6-15(21)16(22)8-13/h3-8,10H,9H2,1-2H3,(H2,23,24,25,27). The summed E-state index contributed by atoms with van der Waals surface area (Å²) in [7, 11) is 0. The molecule has 0 saturated carbocycles. The Hall–Kier alpha value is -1.60. The van der Waals surface area contributed by atoms with Crippen LogP contribution >= 0.6 is 51.3 Å². The van der Waals surface area contributed by atoms with Crippen LogP contribution in [-0.2, 0) is 6.54 Å². The summed E-state index contributed by atoms with van der Waals surface area (Å²) in [6.07, 6.45) is 1.88. The number of hydrogen-bond donors (Lipinski definition) is 2. The molecule has 2 N–H and O–H groups in total. The number of halogens is 3. The molecule has 0 radical (unpaired) electrons. The molecule has 0 bridgehead atoms. The van der Waals surface area contributed by atoms with Gasteiger partial charge in [-0.25, -0.2) is 0 Å². The zero-order valence-electron chi connectivity index (χ0n) is 14.7. The van der Waals surface area contributed by atoms with E-state index in [1.165, 1.54) is 0 Å². The van der Waals surface area contributed by atoms with Gasteiger partial charge < -0.3 is 10.6 Å². The van der Waals surface area contributed by atoms with Crippen LogP contribution in [0.3, 0.4) is 0 Å². The Kier molecular flexibility index (Phi) is 6.42. The van der Waals surface area contributed by atoms with Gasteiger partial charge in [0, 0.05) is 11.9 Å². The van der Waals surface area contributed by atoms with E-state index in [1.807, 2.05) is 32.2 Å². The largest absolute Gasteiger partial charge is 0.332 e. The third-order valence-corrected chi connectivity index (χ3v) is 5.44. The Labute approximate surface area is 182 Å². The Bertz CT molecular complexity index is 1000. The molecule has 0 aliphatic carbocycles. The van der Waals surface area contributed by atoms with Gasteiger partial charge in [-0.1, -0.05) is 41.4 Å². The highest BCUT2D eigenvalue weighted by Crippen LogP contribution is 2.25. The predicted octanol–water partition coefficient (Wildman–Crippen LogP) is 6.43. The molecule has 3 rings (SSSR count). The van der Waals surface area contributed by atoms with Crippen molar-refractivity contribution >= 4 is 68.0 Å². The number of nitrogens with one attached hydrogen (secondary N) is 2. The molecule has 1 aromatic heterocycles. The van der Waals surface area contributed by atoms with Crippen molar-refractivity contribution in [1.29, 1.82) is 0 Å². The van der Waals surface area contributed by atoms with Crippen LogP contribution in [0.5, 0.6) is 0 Å². The zero-order valence-corrected chi connectivity index (χ0v) is 18.6. The Balaban J connectivity index is 1.69. The highest BCUT2D eigenvalue weighted by molar-refractivity contribution is 9.10. The predicted molar refractivity (Wildman–Crippen MR) is 121 cm³/mol. The van der Waals surface area contributed by atoms with E-state index in [0.717, 1.165) is 26.9 Å². The highest BCUT2D eigenvalue weighted by Gasteiger charge is 2.10. The van der Waals surface area contributed by atoms with E-state index in [4.69, 9.17) is 35.4 Å². The van der Waals surface area contributed by atoms with Crippen LogP contribution in [0.25, 0.3) is 0 Å². The first-order chi connectivity index (χ1) is 12.8. The minimum Gasteiger partial charge on any atom is -0.332 e. The lowest BCUT2D eigenvalue weighted by atomic mass is 10.1. The molecule has 8 heteroatoms. The number of aryl methyl sites for hydroxylation is 2. The van der Waals surface area contributed by atoms with E-state index in [0.29, 0.717) is 27.5 Å². The van der Waals surface area contributed by atoms with Gasteiger partial charge in [0.25, 0.3) is 0 Å². The number of hydrogen-bond acceptors (Lipinski definition) is 2. The molecule has 0 amide bonds. The number of thiocarbonyl (C=S) groups is 1. The van der Waals surface area contributed by atoms with Crippen molar-refractivity contribution in [3.05, 3.63) is 73.8 Å². The molecule has 3 aromatic rings. The molecule has 1 heterocycles. The van der Waals surface area contributed by atoms with E-state index in [2.05, 4.69) is 49.9 Å². The maximum absolute atomic E-state index is 6.08. The first kappa shape index (κ1) is 20.1. The van der Waals surface area contributed by atoms with Crippen molar-refractivity contribution in [3.63, 3.8) is 0 Å². The summed E-state index contributed by atoms with van der Waals surface area (Å²) < 4.78 is 2.61. The Morgan fingerprint density at radius 2 is 1.89 bits per heavy atom. The van der Waals surface area contributed by atoms with Crippen LogP contribution in [0.4, 0.5) is 11.5 Å². The number of benzene rings is 2. The number of rotatable bonds is 4. The summed E-state index contributed by atoms with van der Waals surface area (Å²) >= 11 is 21.0. The smallest absolute Gasteiger partial charge is 0.176 e. The number of nitrogens with zero attached hydrogens (tertiary/aromatic N) is 2. The van der Waals surface area contributed by atoms with Crippen LogP contribution in [0.15, 0.2) is 47.1 Å². The third kappa shape index (κ3) is 5.23. The number of anilines is 2. The van der Waals surface area contributed by atoms with Gasteiger partial charge in [0.05, 0.1) is 21.1 Å². The summed E-state index contributed by atoms with van der Waals surface area (Å²) in [6, 6.07) is 11.7. The molecule has 0 spiro atoms. The molecule has 0 aliphatic heterocycles. The molecule has 27 heavy (non-hydrogen) atoms. The first-order valence-electron chi connectivity index (χ1n) is 8.14. The van der Waals surface area contributed by atoms with Gasteiger partial charge in [-0.05, 0) is 76.9 Å². The van der Waals surface area contributed by atoms with E-state index in [-0.39, 0.29) is 0 Å². The van der Waals surface area contributed by atoms with E-state index in [1.54, 1.807) is 10.7 Å². The van der Waals surface area contributed by atoms with Gasteiger partial charge in [-0.3, -0.25) is 4.68 Å². The fraction of sp³-hybridized carbons (Fsp3) is 0.158. The third-order valence-electron chi connectivity index (χ3n) is 3.92. The highest BCUT2D eigenvalue weighted by atomic mass is 79.9. The fourth-order valence-electron chi connectivity index (χ4n) is 2.52. The van der Waals surface area contributed by atoms with Gasteiger partial charge in [0.15, 0.2) is 10.9 Å². The van der Waals surface area contributed by atoms with Gasteiger partial charge in [-0.15, -0.1) is 0 Å². The molecule has 4 nitrogen and oxygen atoms in total. The van der Waals surface area contributed by atoms with E-state index < -0.39 is 0 Å². The van der Waals surface area contributed by atoms with Gasteiger partial charge in [0.2, 0.25) is 0 Å². The Morgan fingerprint density at radius 1 is 1.11 bits per heavy atom. The molecule has 0 saturated heterocycles. The molecule has 0 unspecified atom stereocenters. The number of aromatic nitrogens is 2. The van der Waals surface area contributed by atoms with Crippen LogP contribution in [-0.4, -0.2) is 14.9 Å². The van der Waals surface area contributed by atoms with E-state index in [9.17, 15) is 0 Å². The summed E-state index contributed by atoms with van der Waals surface area (Å²) in [5.74, 6) is 0.637. The second kappa shape index (κ2) is 8.61. The summed E-state index contributed by atoms with van der Waals surface area (Å²) in [5, 5.41) is 12.4. The summed E-state index contributed by atoms with van der Waals surface area (Å²) in [6.45, 7) is 4.64. The Morgan fingerprint density at radius 3 is 2.63 bits per heavy atom. The van der Waals surface area contributed by atoms with Crippen molar-refractivity contribution in [2.75, 3.05) is 10.6 Å². The maximum atomic E-state index is 6.08. The summed E-state index contributed by atoms with van der Waals surface area (Å²) in [5.41, 5.74) is 4.26. The molecule has 0 aliphatic rings. The van der Waals surface area contributed by atoms with Crippen molar-refractivity contribution in [2.45, 2.75) is 20.4 Å². The quantitative estimate of drug-likeness (QED) is 0.419. The van der Waals surface area contributed by atoms with Gasteiger partial charge in [0.1, 0.15) is 0 Å². The summed E-state index contributed by atoms with van der Waals surface area (Å²) in [4.78, 5) is 0. The van der Waals surface area contributed by atoms with Crippen molar-refractivity contribution in [1.82, 2.24) is 9.78 Å². The van der Waals surface area contributed by atoms with Crippen LogP contribution < -0.4 is 10.6 Å². The molecule has 140 valence electrons. The lowest BCUT2D eigenvalue weighted by Crippen LogP contribution is -2.20. The van der Waals surface area contributed by atoms with Crippen LogP contribution in [0, 0.1) is 13.8 Å². The van der Waals surface area contributed by atoms with Gasteiger partial charge in [-0.2, -0.15) is 5.10 Å². The maximum Gasteiger partial charge on any atom is 0.176 e. The SMILES string of the molecule is Cc1ccc(C)c(NC(=S)Nc2nn(Cc3ccc(Cl)c(Cl)c3)cc2Br)c1. The first-order valence-corrected chi connectivity index (χ1v) is 10.1. The molecular formula is C19H17BrCl2N4S. The minimum absolute atomic E-state index is 0.476.